The number of anilines is 4. The highest BCUT2D eigenvalue weighted by Gasteiger charge is 2.38. The number of carbonyl (C=O) groups is 2. The molecule has 3 heterocycles. The summed E-state index contributed by atoms with van der Waals surface area (Å²) >= 11 is 0. The van der Waals surface area contributed by atoms with Crippen LogP contribution in [0.3, 0.4) is 0 Å². The number of hydrogen-bond donors (Lipinski definition) is 1. The number of likely N-dealkylation sites (N-methyl/N-ethyl adjacent to an activating group) is 1. The van der Waals surface area contributed by atoms with Crippen molar-refractivity contribution in [1.82, 2.24) is 9.80 Å². The van der Waals surface area contributed by atoms with Crippen LogP contribution in [0.4, 0.5) is 22.7 Å². The van der Waals surface area contributed by atoms with Crippen LogP contribution in [0, 0.1) is 6.92 Å². The van der Waals surface area contributed by atoms with Gasteiger partial charge in [-0.15, -0.1) is 0 Å². The number of nitrogens with one attached hydrogen (secondary N) is 1. The van der Waals surface area contributed by atoms with Crippen LogP contribution >= 0.6 is 0 Å². The fourth-order valence-corrected chi connectivity index (χ4v) is 5.64. The molecule has 39 heavy (non-hydrogen) atoms. The van der Waals surface area contributed by atoms with Crippen molar-refractivity contribution in [2.75, 3.05) is 61.6 Å². The first kappa shape index (κ1) is 28.9. The zero-order valence-electron chi connectivity index (χ0n) is 24.2. The van der Waals surface area contributed by atoms with Crippen LogP contribution in [0.2, 0.25) is 0 Å². The molecule has 0 aliphatic carbocycles. The summed E-state index contributed by atoms with van der Waals surface area (Å²) in [4.78, 5) is 31.6. The largest absolute Gasteiger partial charge is 0.381 e. The van der Waals surface area contributed by atoms with Crippen LogP contribution in [0.15, 0.2) is 42.5 Å². The van der Waals surface area contributed by atoms with Crippen LogP contribution in [-0.4, -0.2) is 86.7 Å². The summed E-state index contributed by atoms with van der Waals surface area (Å²) < 4.78 is 5.54. The molecule has 212 valence electrons. The predicted molar refractivity (Wildman–Crippen MR) is 159 cm³/mol. The number of aryl methyl sites for hydroxylation is 1. The summed E-state index contributed by atoms with van der Waals surface area (Å²) in [7, 11) is 1.87. The fourth-order valence-electron chi connectivity index (χ4n) is 5.64. The van der Waals surface area contributed by atoms with Crippen molar-refractivity contribution in [2.24, 2.45) is 0 Å². The molecule has 2 saturated heterocycles. The summed E-state index contributed by atoms with van der Waals surface area (Å²) in [5.41, 5.74) is 5.43. The van der Waals surface area contributed by atoms with Crippen molar-refractivity contribution < 1.29 is 14.3 Å². The summed E-state index contributed by atoms with van der Waals surface area (Å²) in [6, 6.07) is 15.5. The van der Waals surface area contributed by atoms with Crippen LogP contribution < -0.4 is 15.1 Å². The van der Waals surface area contributed by atoms with E-state index < -0.39 is 0 Å². The Morgan fingerprint density at radius 1 is 1.00 bits per heavy atom. The number of benzene rings is 2. The van der Waals surface area contributed by atoms with Crippen LogP contribution in [0.1, 0.15) is 45.6 Å². The van der Waals surface area contributed by atoms with E-state index in [2.05, 4.69) is 66.2 Å². The SMILES string of the molecule is CCC(C)N1CCN(C=O)CC1.Cc1ccc(Nc2ccc3c(c2)N(C2CCOCC2)C(C)C(=O)N3C)cc1. The third-order valence-electron chi connectivity index (χ3n) is 8.36. The maximum atomic E-state index is 12.8. The summed E-state index contributed by atoms with van der Waals surface area (Å²) in [5, 5.41) is 3.49. The number of nitrogens with zero attached hydrogens (tertiary/aromatic N) is 4. The zero-order valence-corrected chi connectivity index (χ0v) is 24.2. The molecule has 2 fully saturated rings. The minimum Gasteiger partial charge on any atom is -0.381 e. The molecule has 2 atom stereocenters. The Morgan fingerprint density at radius 3 is 2.26 bits per heavy atom. The van der Waals surface area contributed by atoms with Crippen LogP contribution in [0.5, 0.6) is 0 Å². The van der Waals surface area contributed by atoms with Gasteiger partial charge in [-0.3, -0.25) is 14.5 Å². The second-order valence-electron chi connectivity index (χ2n) is 11.0. The van der Waals surface area contributed by atoms with E-state index in [1.165, 1.54) is 12.0 Å². The van der Waals surface area contributed by atoms with E-state index >= 15 is 0 Å². The molecule has 0 saturated carbocycles. The molecule has 0 radical (unpaired) electrons. The molecule has 0 bridgehead atoms. The predicted octanol–water partition coefficient (Wildman–Crippen LogP) is 4.65. The number of fused-ring (bicyclic) bond motifs is 1. The van der Waals surface area contributed by atoms with E-state index in [-0.39, 0.29) is 11.9 Å². The molecule has 8 nitrogen and oxygen atoms in total. The van der Waals surface area contributed by atoms with Gasteiger partial charge in [0.2, 0.25) is 12.3 Å². The highest BCUT2D eigenvalue weighted by atomic mass is 16.5. The monoisotopic (exact) mass is 535 g/mol. The Hall–Kier alpha value is -3.10. The Kier molecular flexibility index (Phi) is 9.86. The molecule has 0 aromatic heterocycles. The van der Waals surface area contributed by atoms with Crippen molar-refractivity contribution in [1.29, 1.82) is 0 Å². The minimum absolute atomic E-state index is 0.147. The number of amides is 2. The Labute approximate surface area is 233 Å². The second-order valence-corrected chi connectivity index (χ2v) is 11.0. The number of piperazine rings is 1. The van der Waals surface area contributed by atoms with Gasteiger partial charge in [-0.2, -0.15) is 0 Å². The second kappa shape index (κ2) is 13.3. The molecule has 3 aliphatic rings. The van der Waals surface area contributed by atoms with Gasteiger partial charge in [0.05, 0.1) is 11.4 Å². The van der Waals surface area contributed by atoms with E-state index in [9.17, 15) is 9.59 Å². The fraction of sp³-hybridized carbons (Fsp3) is 0.548. The molecule has 2 amide bonds. The lowest BCUT2D eigenvalue weighted by molar-refractivity contribution is -0.120. The number of carbonyl (C=O) groups excluding carboxylic acids is 2. The molecule has 2 aromatic carbocycles. The van der Waals surface area contributed by atoms with Gasteiger partial charge >= 0.3 is 0 Å². The maximum Gasteiger partial charge on any atom is 0.249 e. The molecule has 5 rings (SSSR count). The van der Waals surface area contributed by atoms with E-state index in [0.717, 1.165) is 81.4 Å². The molecule has 2 unspecified atom stereocenters. The molecule has 3 aliphatic heterocycles. The van der Waals surface area contributed by atoms with Gasteiger partial charge in [-0.05, 0) is 70.4 Å². The van der Waals surface area contributed by atoms with E-state index in [1.807, 2.05) is 31.0 Å². The number of ether oxygens (including phenoxy) is 1. The van der Waals surface area contributed by atoms with Gasteiger partial charge in [-0.1, -0.05) is 24.6 Å². The highest BCUT2D eigenvalue weighted by molar-refractivity contribution is 6.05. The van der Waals surface area contributed by atoms with Crippen LogP contribution in [-0.2, 0) is 14.3 Å². The quantitative estimate of drug-likeness (QED) is 0.544. The van der Waals surface area contributed by atoms with Crippen molar-refractivity contribution >= 4 is 35.1 Å². The van der Waals surface area contributed by atoms with Crippen molar-refractivity contribution in [2.45, 2.75) is 65.1 Å². The van der Waals surface area contributed by atoms with Crippen molar-refractivity contribution in [3.05, 3.63) is 48.0 Å². The summed E-state index contributed by atoms with van der Waals surface area (Å²) in [6.07, 6.45) is 4.06. The van der Waals surface area contributed by atoms with Crippen molar-refractivity contribution in [3.63, 3.8) is 0 Å². The Balaban J connectivity index is 0.000000247. The van der Waals surface area contributed by atoms with Crippen molar-refractivity contribution in [3.8, 4) is 0 Å². The number of hydrogen-bond acceptors (Lipinski definition) is 6. The lowest BCUT2D eigenvalue weighted by Gasteiger charge is -2.45. The highest BCUT2D eigenvalue weighted by Crippen LogP contribution is 2.40. The molecular weight excluding hydrogens is 490 g/mol. The first-order valence-electron chi connectivity index (χ1n) is 14.4. The minimum atomic E-state index is -0.166. The molecule has 8 heteroatoms. The normalized spacial score (nSPS) is 21.1. The van der Waals surface area contributed by atoms with E-state index in [1.54, 1.807) is 4.90 Å². The third kappa shape index (κ3) is 6.92. The maximum absolute atomic E-state index is 12.8. The first-order valence-corrected chi connectivity index (χ1v) is 14.4. The molecule has 1 N–H and O–H groups in total. The average Bonchev–Trinajstić information content (AvgIpc) is 2.98. The standard InChI is InChI=1S/C22H27N3O2.C9H18N2O/c1-15-4-6-17(7-5-15)23-18-8-9-20-21(14-18)25(16(2)22(26)24(20)3)19-10-12-27-13-11-19;1-3-9(2)11-6-4-10(8-12)5-7-11/h4-9,14,16,19,23H,10-13H2,1-3H3;8-9H,3-7H2,1-2H3. The van der Waals surface area contributed by atoms with Gasteiger partial charge in [0, 0.05) is 69.9 Å². The van der Waals surface area contributed by atoms with Gasteiger partial charge < -0.3 is 24.8 Å². The van der Waals surface area contributed by atoms with E-state index in [4.69, 9.17) is 4.74 Å². The lowest BCUT2D eigenvalue weighted by Crippen LogP contribution is -2.55. The van der Waals surface area contributed by atoms with Gasteiger partial charge in [0.1, 0.15) is 6.04 Å². The summed E-state index contributed by atoms with van der Waals surface area (Å²) in [6.45, 7) is 13.9. The van der Waals surface area contributed by atoms with Gasteiger partial charge in [0.15, 0.2) is 0 Å². The molecular formula is C31H45N5O3. The van der Waals surface area contributed by atoms with Crippen LogP contribution in [0.25, 0.3) is 0 Å². The molecule has 0 spiro atoms. The molecule has 2 aromatic rings. The topological polar surface area (TPSA) is 68.4 Å². The first-order chi connectivity index (χ1) is 18.8. The van der Waals surface area contributed by atoms with Gasteiger partial charge in [0.25, 0.3) is 0 Å². The lowest BCUT2D eigenvalue weighted by atomic mass is 9.99. The zero-order chi connectivity index (χ0) is 27.9. The number of rotatable bonds is 6. The summed E-state index contributed by atoms with van der Waals surface area (Å²) in [5.74, 6) is 0.147. The average molecular weight is 536 g/mol. The smallest absolute Gasteiger partial charge is 0.249 e. The Bertz CT molecular complexity index is 1090. The van der Waals surface area contributed by atoms with E-state index in [0.29, 0.717) is 12.1 Å². The third-order valence-corrected chi connectivity index (χ3v) is 8.36. The Morgan fingerprint density at radius 2 is 1.64 bits per heavy atom. The van der Waals surface area contributed by atoms with Gasteiger partial charge in [-0.25, -0.2) is 0 Å².